The summed E-state index contributed by atoms with van der Waals surface area (Å²) in [5.74, 6) is 0.667. The maximum atomic E-state index is 13.1. The molecule has 3 aromatic rings. The second-order valence-electron chi connectivity index (χ2n) is 7.43. The van der Waals surface area contributed by atoms with Crippen molar-refractivity contribution in [2.75, 3.05) is 11.4 Å². The monoisotopic (exact) mass is 415 g/mol. The van der Waals surface area contributed by atoms with Gasteiger partial charge < -0.3 is 15.0 Å². The Kier molecular flexibility index (Phi) is 6.26. The Balaban J connectivity index is 1.38. The molecule has 158 valence electrons. The number of aromatic nitrogens is 1. The van der Waals surface area contributed by atoms with E-state index in [0.717, 1.165) is 12.0 Å². The Morgan fingerprint density at radius 3 is 2.61 bits per heavy atom. The number of fused-ring (bicyclic) bond motifs is 2. The molecule has 1 aromatic heterocycles. The summed E-state index contributed by atoms with van der Waals surface area (Å²) in [4.78, 5) is 31.3. The van der Waals surface area contributed by atoms with E-state index in [1.165, 1.54) is 5.56 Å². The molecule has 2 heterocycles. The van der Waals surface area contributed by atoms with Crippen LogP contribution in [0.5, 0.6) is 11.6 Å². The van der Waals surface area contributed by atoms with E-state index < -0.39 is 0 Å². The van der Waals surface area contributed by atoms with E-state index in [-0.39, 0.29) is 11.8 Å². The standard InChI is InChI=1S/C25H25N3O3/c1-2-18-11-13-19(14-12-18)17-27-23(29)10-6-16-28-21-8-3-4-9-22(21)31-24-20(25(28)30)7-5-15-26-24/h3-5,7-9,11-15H,2,6,10,16-17H2,1H3,(H,27,29). The molecule has 1 N–H and O–H groups in total. The largest absolute Gasteiger partial charge is 0.436 e. The van der Waals surface area contributed by atoms with Gasteiger partial charge in [0.2, 0.25) is 11.8 Å². The van der Waals surface area contributed by atoms with Crippen LogP contribution in [0.25, 0.3) is 0 Å². The molecule has 6 heteroatoms. The quantitative estimate of drug-likeness (QED) is 0.617. The third-order valence-corrected chi connectivity index (χ3v) is 5.32. The number of carbonyl (C=O) groups is 2. The molecule has 0 aliphatic carbocycles. The average Bonchev–Trinajstić information content (AvgIpc) is 2.92. The minimum atomic E-state index is -0.176. The third kappa shape index (κ3) is 4.74. The number of carbonyl (C=O) groups excluding carboxylic acids is 2. The summed E-state index contributed by atoms with van der Waals surface area (Å²) in [6.45, 7) is 3.03. The van der Waals surface area contributed by atoms with Crippen molar-refractivity contribution in [2.24, 2.45) is 0 Å². The fourth-order valence-corrected chi connectivity index (χ4v) is 3.56. The number of anilines is 1. The highest BCUT2D eigenvalue weighted by atomic mass is 16.5. The summed E-state index contributed by atoms with van der Waals surface area (Å²) < 4.78 is 5.88. The van der Waals surface area contributed by atoms with Gasteiger partial charge in [-0.05, 0) is 48.2 Å². The van der Waals surface area contributed by atoms with Crippen LogP contribution in [0.3, 0.4) is 0 Å². The zero-order valence-corrected chi connectivity index (χ0v) is 17.5. The van der Waals surface area contributed by atoms with Crippen LogP contribution in [-0.2, 0) is 17.8 Å². The van der Waals surface area contributed by atoms with E-state index in [9.17, 15) is 9.59 Å². The lowest BCUT2D eigenvalue weighted by molar-refractivity contribution is -0.121. The number of nitrogens with one attached hydrogen (secondary N) is 1. The van der Waals surface area contributed by atoms with E-state index in [2.05, 4.69) is 29.4 Å². The Morgan fingerprint density at radius 2 is 1.81 bits per heavy atom. The molecule has 0 unspecified atom stereocenters. The molecular weight excluding hydrogens is 390 g/mol. The number of hydrogen-bond acceptors (Lipinski definition) is 4. The second-order valence-corrected chi connectivity index (χ2v) is 7.43. The number of nitrogens with zero attached hydrogens (tertiary/aromatic N) is 2. The molecular formula is C25H25N3O3. The van der Waals surface area contributed by atoms with Gasteiger partial charge in [0.15, 0.2) is 5.75 Å². The molecule has 2 amide bonds. The fourth-order valence-electron chi connectivity index (χ4n) is 3.56. The van der Waals surface area contributed by atoms with Gasteiger partial charge in [-0.3, -0.25) is 9.59 Å². The van der Waals surface area contributed by atoms with E-state index in [4.69, 9.17) is 4.74 Å². The van der Waals surface area contributed by atoms with Crippen LogP contribution in [0.4, 0.5) is 5.69 Å². The number of hydrogen-bond donors (Lipinski definition) is 1. The fraction of sp³-hybridized carbons (Fsp3) is 0.240. The highest BCUT2D eigenvalue weighted by Gasteiger charge is 2.28. The number of amides is 2. The third-order valence-electron chi connectivity index (χ3n) is 5.32. The Labute approximate surface area is 181 Å². The van der Waals surface area contributed by atoms with Crippen LogP contribution in [0, 0.1) is 0 Å². The van der Waals surface area contributed by atoms with Crippen molar-refractivity contribution in [1.29, 1.82) is 0 Å². The van der Waals surface area contributed by atoms with Crippen LogP contribution in [0.2, 0.25) is 0 Å². The maximum absolute atomic E-state index is 13.1. The Morgan fingerprint density at radius 1 is 1.03 bits per heavy atom. The molecule has 0 fully saturated rings. The first-order chi connectivity index (χ1) is 15.2. The van der Waals surface area contributed by atoms with Crippen molar-refractivity contribution in [2.45, 2.75) is 32.7 Å². The van der Waals surface area contributed by atoms with Crippen molar-refractivity contribution in [3.05, 3.63) is 83.6 Å². The smallest absolute Gasteiger partial charge is 0.263 e. The average molecular weight is 415 g/mol. The van der Waals surface area contributed by atoms with Crippen LogP contribution in [0.1, 0.15) is 41.3 Å². The molecule has 0 bridgehead atoms. The molecule has 0 saturated heterocycles. The van der Waals surface area contributed by atoms with Crippen LogP contribution in [0.15, 0.2) is 66.9 Å². The highest BCUT2D eigenvalue weighted by Crippen LogP contribution is 2.37. The van der Waals surface area contributed by atoms with Gasteiger partial charge in [0.1, 0.15) is 5.56 Å². The predicted molar refractivity (Wildman–Crippen MR) is 119 cm³/mol. The number of benzene rings is 2. The Hall–Kier alpha value is -3.67. The van der Waals surface area contributed by atoms with Gasteiger partial charge in [-0.2, -0.15) is 0 Å². The van der Waals surface area contributed by atoms with Gasteiger partial charge >= 0.3 is 0 Å². The van der Waals surface area contributed by atoms with Crippen LogP contribution < -0.4 is 15.0 Å². The summed E-state index contributed by atoms with van der Waals surface area (Å²) in [7, 11) is 0. The van der Waals surface area contributed by atoms with Crippen molar-refractivity contribution < 1.29 is 14.3 Å². The van der Waals surface area contributed by atoms with Crippen LogP contribution >= 0.6 is 0 Å². The van der Waals surface area contributed by atoms with Gasteiger partial charge in [0.05, 0.1) is 5.69 Å². The van der Waals surface area contributed by atoms with Gasteiger partial charge in [0.25, 0.3) is 5.91 Å². The maximum Gasteiger partial charge on any atom is 0.263 e. The molecule has 1 aliphatic rings. The van der Waals surface area contributed by atoms with E-state index >= 15 is 0 Å². The SMILES string of the molecule is CCc1ccc(CNC(=O)CCCN2C(=O)c3cccnc3Oc3ccccc32)cc1. The summed E-state index contributed by atoms with van der Waals surface area (Å²) in [5.41, 5.74) is 3.45. The molecule has 0 saturated carbocycles. The summed E-state index contributed by atoms with van der Waals surface area (Å²) in [6.07, 6.45) is 3.47. The second kappa shape index (κ2) is 9.43. The van der Waals surface area contributed by atoms with Crippen molar-refractivity contribution in [3.63, 3.8) is 0 Å². The molecule has 1 aliphatic heterocycles. The lowest BCUT2D eigenvalue weighted by Crippen LogP contribution is -2.32. The minimum Gasteiger partial charge on any atom is -0.436 e. The number of ether oxygens (including phenoxy) is 1. The molecule has 31 heavy (non-hydrogen) atoms. The first-order valence-electron chi connectivity index (χ1n) is 10.5. The molecule has 6 nitrogen and oxygen atoms in total. The van der Waals surface area contributed by atoms with Crippen molar-refractivity contribution in [1.82, 2.24) is 10.3 Å². The van der Waals surface area contributed by atoms with Gasteiger partial charge in [0, 0.05) is 25.7 Å². The highest BCUT2D eigenvalue weighted by molar-refractivity contribution is 6.09. The summed E-state index contributed by atoms with van der Waals surface area (Å²) in [5, 5.41) is 2.96. The molecule has 2 aromatic carbocycles. The lowest BCUT2D eigenvalue weighted by atomic mass is 10.1. The predicted octanol–water partition coefficient (Wildman–Crippen LogP) is 4.49. The van der Waals surface area contributed by atoms with Crippen molar-refractivity contribution >= 4 is 17.5 Å². The topological polar surface area (TPSA) is 71.5 Å². The number of para-hydroxylation sites is 2. The summed E-state index contributed by atoms with van der Waals surface area (Å²) >= 11 is 0. The van der Waals surface area contributed by atoms with Gasteiger partial charge in [-0.25, -0.2) is 4.98 Å². The summed E-state index contributed by atoms with van der Waals surface area (Å²) in [6, 6.07) is 19.0. The van der Waals surface area contributed by atoms with E-state index in [0.29, 0.717) is 48.8 Å². The molecule has 0 spiro atoms. The number of rotatable bonds is 7. The van der Waals surface area contributed by atoms with E-state index in [1.807, 2.05) is 36.4 Å². The van der Waals surface area contributed by atoms with Gasteiger partial charge in [-0.15, -0.1) is 0 Å². The molecule has 0 atom stereocenters. The first-order valence-corrected chi connectivity index (χ1v) is 10.5. The number of aryl methyl sites for hydroxylation is 1. The normalized spacial score (nSPS) is 12.4. The first kappa shape index (κ1) is 20.6. The zero-order chi connectivity index (χ0) is 21.6. The van der Waals surface area contributed by atoms with Gasteiger partial charge in [-0.1, -0.05) is 43.3 Å². The molecule has 0 radical (unpaired) electrons. The lowest BCUT2D eigenvalue weighted by Gasteiger charge is -2.21. The molecule has 4 rings (SSSR count). The minimum absolute atomic E-state index is 0.0339. The Bertz CT molecular complexity index is 1080. The van der Waals surface area contributed by atoms with Crippen molar-refractivity contribution in [3.8, 4) is 11.6 Å². The number of pyridine rings is 1. The van der Waals surface area contributed by atoms with E-state index in [1.54, 1.807) is 23.2 Å². The van der Waals surface area contributed by atoms with Crippen LogP contribution in [-0.4, -0.2) is 23.3 Å². The zero-order valence-electron chi connectivity index (χ0n) is 17.5.